The predicted molar refractivity (Wildman–Crippen MR) is 104 cm³/mol. The second-order valence-corrected chi connectivity index (χ2v) is 8.57. The zero-order chi connectivity index (χ0) is 19.6. The Balaban J connectivity index is 1.95. The van der Waals surface area contributed by atoms with E-state index in [1.54, 1.807) is 6.07 Å². The standard InChI is InChI=1S/C16H15F3IN3O3S/c17-11-2-4-14(22-27(24,25)23-5-7-26-8-6-23)16(15(11)19)21-13-3-1-10(20)9-12(13)18/h1-4,9,21-22H,5-8H2. The number of ether oxygens (including phenoxy) is 1. The minimum atomic E-state index is -4.02. The van der Waals surface area contributed by atoms with Crippen LogP contribution in [-0.2, 0) is 14.9 Å². The monoisotopic (exact) mass is 513 g/mol. The highest BCUT2D eigenvalue weighted by atomic mass is 127. The molecule has 1 saturated heterocycles. The lowest BCUT2D eigenvalue weighted by Gasteiger charge is -2.27. The van der Waals surface area contributed by atoms with Gasteiger partial charge in [0, 0.05) is 16.7 Å². The van der Waals surface area contributed by atoms with Crippen LogP contribution in [0.2, 0.25) is 0 Å². The number of anilines is 3. The van der Waals surface area contributed by atoms with E-state index in [-0.39, 0.29) is 37.7 Å². The van der Waals surface area contributed by atoms with Crippen molar-refractivity contribution in [3.63, 3.8) is 0 Å². The van der Waals surface area contributed by atoms with E-state index in [0.717, 1.165) is 16.4 Å². The minimum Gasteiger partial charge on any atom is -0.379 e. The third-order valence-corrected chi connectivity index (χ3v) is 6.03. The lowest BCUT2D eigenvalue weighted by atomic mass is 10.2. The quantitative estimate of drug-likeness (QED) is 0.602. The van der Waals surface area contributed by atoms with Gasteiger partial charge in [0.15, 0.2) is 11.6 Å². The third-order valence-electron chi connectivity index (χ3n) is 3.83. The van der Waals surface area contributed by atoms with Crippen LogP contribution in [0.5, 0.6) is 0 Å². The summed E-state index contributed by atoms with van der Waals surface area (Å²) in [6.45, 7) is 0.733. The summed E-state index contributed by atoms with van der Waals surface area (Å²) >= 11 is 1.91. The maximum Gasteiger partial charge on any atom is 0.301 e. The van der Waals surface area contributed by atoms with E-state index < -0.39 is 33.3 Å². The first kappa shape index (κ1) is 20.2. The fraction of sp³-hybridized carbons (Fsp3) is 0.250. The first-order valence-corrected chi connectivity index (χ1v) is 10.4. The van der Waals surface area contributed by atoms with Crippen molar-refractivity contribution in [2.45, 2.75) is 0 Å². The Morgan fingerprint density at radius 2 is 1.67 bits per heavy atom. The molecule has 2 aromatic rings. The fourth-order valence-corrected chi connectivity index (χ4v) is 4.13. The molecule has 1 heterocycles. The zero-order valence-electron chi connectivity index (χ0n) is 13.8. The van der Waals surface area contributed by atoms with Crippen molar-refractivity contribution in [2.24, 2.45) is 0 Å². The smallest absolute Gasteiger partial charge is 0.301 e. The molecule has 0 aromatic heterocycles. The molecule has 0 unspecified atom stereocenters. The van der Waals surface area contributed by atoms with Crippen LogP contribution >= 0.6 is 22.6 Å². The molecule has 2 N–H and O–H groups in total. The van der Waals surface area contributed by atoms with Crippen LogP contribution in [-0.4, -0.2) is 39.0 Å². The highest BCUT2D eigenvalue weighted by molar-refractivity contribution is 14.1. The summed E-state index contributed by atoms with van der Waals surface area (Å²) in [5.41, 5.74) is -0.864. The molecule has 0 radical (unpaired) electrons. The summed E-state index contributed by atoms with van der Waals surface area (Å²) in [7, 11) is -4.02. The van der Waals surface area contributed by atoms with Crippen LogP contribution in [0.1, 0.15) is 0 Å². The molecule has 1 fully saturated rings. The number of nitrogens with one attached hydrogen (secondary N) is 2. The molecule has 1 aliphatic heterocycles. The van der Waals surface area contributed by atoms with Crippen molar-refractivity contribution in [3.8, 4) is 0 Å². The molecule has 1 aliphatic rings. The van der Waals surface area contributed by atoms with Gasteiger partial charge in [-0.05, 0) is 52.9 Å². The van der Waals surface area contributed by atoms with Gasteiger partial charge in [-0.15, -0.1) is 0 Å². The van der Waals surface area contributed by atoms with E-state index in [0.29, 0.717) is 3.57 Å². The van der Waals surface area contributed by atoms with Crippen molar-refractivity contribution in [2.75, 3.05) is 36.3 Å². The van der Waals surface area contributed by atoms with Gasteiger partial charge in [0.25, 0.3) is 0 Å². The maximum atomic E-state index is 14.3. The lowest BCUT2D eigenvalue weighted by molar-refractivity contribution is 0.0733. The number of benzene rings is 2. The predicted octanol–water partition coefficient (Wildman–Crippen LogP) is 3.44. The first-order chi connectivity index (χ1) is 12.8. The molecule has 0 amide bonds. The minimum absolute atomic E-state index is 0.119. The summed E-state index contributed by atoms with van der Waals surface area (Å²) in [6, 6.07) is 5.99. The Morgan fingerprint density at radius 3 is 2.33 bits per heavy atom. The Bertz CT molecular complexity index is 953. The van der Waals surface area contributed by atoms with Gasteiger partial charge in [0.1, 0.15) is 11.5 Å². The number of morpholine rings is 1. The van der Waals surface area contributed by atoms with Crippen LogP contribution in [0.4, 0.5) is 30.2 Å². The topological polar surface area (TPSA) is 70.7 Å². The number of halogens is 4. The molecule has 0 saturated carbocycles. The first-order valence-electron chi connectivity index (χ1n) is 7.83. The Morgan fingerprint density at radius 1 is 1.00 bits per heavy atom. The molecule has 0 atom stereocenters. The van der Waals surface area contributed by atoms with Crippen molar-refractivity contribution >= 4 is 49.9 Å². The van der Waals surface area contributed by atoms with Gasteiger partial charge < -0.3 is 10.1 Å². The number of hydrogen-bond acceptors (Lipinski definition) is 4. The van der Waals surface area contributed by atoms with Gasteiger partial charge in [-0.3, -0.25) is 4.72 Å². The maximum absolute atomic E-state index is 14.3. The van der Waals surface area contributed by atoms with Crippen molar-refractivity contribution in [3.05, 3.63) is 51.4 Å². The van der Waals surface area contributed by atoms with Gasteiger partial charge in [-0.25, -0.2) is 13.2 Å². The van der Waals surface area contributed by atoms with Gasteiger partial charge in [0.2, 0.25) is 0 Å². The van der Waals surface area contributed by atoms with Crippen molar-refractivity contribution in [1.82, 2.24) is 4.31 Å². The van der Waals surface area contributed by atoms with Gasteiger partial charge in [0.05, 0.1) is 24.6 Å². The van der Waals surface area contributed by atoms with Crippen LogP contribution < -0.4 is 10.0 Å². The molecule has 0 bridgehead atoms. The van der Waals surface area contributed by atoms with E-state index in [1.807, 2.05) is 22.6 Å². The largest absolute Gasteiger partial charge is 0.379 e. The van der Waals surface area contributed by atoms with Gasteiger partial charge >= 0.3 is 10.2 Å². The molecule has 2 aromatic carbocycles. The van der Waals surface area contributed by atoms with E-state index in [1.165, 1.54) is 12.1 Å². The average molecular weight is 513 g/mol. The van der Waals surface area contributed by atoms with E-state index in [9.17, 15) is 21.6 Å². The summed E-state index contributed by atoms with van der Waals surface area (Å²) in [5, 5.41) is 2.44. The molecule has 11 heteroatoms. The Kier molecular flexibility index (Phi) is 6.13. The van der Waals surface area contributed by atoms with Crippen LogP contribution in [0.25, 0.3) is 0 Å². The van der Waals surface area contributed by atoms with Crippen molar-refractivity contribution in [1.29, 1.82) is 0 Å². The molecular formula is C16H15F3IN3O3S. The van der Waals surface area contributed by atoms with E-state index in [4.69, 9.17) is 4.74 Å². The molecular weight excluding hydrogens is 498 g/mol. The Labute approximate surface area is 168 Å². The average Bonchev–Trinajstić information content (AvgIpc) is 2.63. The summed E-state index contributed by atoms with van der Waals surface area (Å²) in [6.07, 6.45) is 0. The lowest BCUT2D eigenvalue weighted by Crippen LogP contribution is -2.43. The van der Waals surface area contributed by atoms with Crippen molar-refractivity contribution < 1.29 is 26.3 Å². The number of rotatable bonds is 5. The van der Waals surface area contributed by atoms with Gasteiger partial charge in [-0.2, -0.15) is 12.7 Å². The molecule has 0 aliphatic carbocycles. The molecule has 27 heavy (non-hydrogen) atoms. The van der Waals surface area contributed by atoms with E-state index >= 15 is 0 Å². The highest BCUT2D eigenvalue weighted by Gasteiger charge is 2.26. The summed E-state index contributed by atoms with van der Waals surface area (Å²) in [5.74, 6) is -3.21. The van der Waals surface area contributed by atoms with Crippen LogP contribution in [0, 0.1) is 21.0 Å². The molecule has 0 spiro atoms. The molecule has 146 valence electrons. The summed E-state index contributed by atoms with van der Waals surface area (Å²) in [4.78, 5) is 0. The van der Waals surface area contributed by atoms with Crippen LogP contribution in [0.15, 0.2) is 30.3 Å². The normalized spacial score (nSPS) is 15.6. The number of hydrogen-bond donors (Lipinski definition) is 2. The third kappa shape index (κ3) is 4.65. The van der Waals surface area contributed by atoms with E-state index in [2.05, 4.69) is 10.0 Å². The fourth-order valence-electron chi connectivity index (χ4n) is 2.47. The molecule has 3 rings (SSSR count). The highest BCUT2D eigenvalue weighted by Crippen LogP contribution is 2.32. The second-order valence-electron chi connectivity index (χ2n) is 5.65. The zero-order valence-corrected chi connectivity index (χ0v) is 16.8. The second kappa shape index (κ2) is 8.20. The summed E-state index contributed by atoms with van der Waals surface area (Å²) < 4.78 is 76.2. The van der Waals surface area contributed by atoms with Gasteiger partial charge in [-0.1, -0.05) is 0 Å². The molecule has 6 nitrogen and oxygen atoms in total. The number of nitrogens with zero attached hydrogens (tertiary/aromatic N) is 1. The van der Waals surface area contributed by atoms with Crippen LogP contribution in [0.3, 0.4) is 0 Å². The Hall–Kier alpha value is -1.57. The SMILES string of the molecule is O=S(=O)(Nc1ccc(F)c(F)c1Nc1ccc(I)cc1F)N1CCOCC1.